The molecule has 27 heavy (non-hydrogen) atoms. The molecule has 0 amide bonds. The van der Waals surface area contributed by atoms with Crippen LogP contribution in [-0.4, -0.2) is 35.7 Å². The van der Waals surface area contributed by atoms with Gasteiger partial charge < -0.3 is 9.84 Å². The molecule has 0 spiro atoms. The molecule has 0 fully saturated rings. The second-order valence-electron chi connectivity index (χ2n) is 4.70. The van der Waals surface area contributed by atoms with Gasteiger partial charge in [0.05, 0.1) is 18.6 Å². The molecule has 0 saturated carbocycles. The number of ether oxygens (including phenoxy) is 1. The minimum atomic E-state index is -0.898. The van der Waals surface area contributed by atoms with E-state index in [1.54, 1.807) is 12.1 Å². The molecule has 4 nitrogen and oxygen atoms in total. The molecule has 10 heteroatoms. The van der Waals surface area contributed by atoms with Crippen molar-refractivity contribution in [3.63, 3.8) is 0 Å². The highest BCUT2D eigenvalue weighted by Gasteiger charge is 2.06. The minimum Gasteiger partial charge on any atom is -0.481 e. The van der Waals surface area contributed by atoms with Crippen LogP contribution in [0.25, 0.3) is 0 Å². The van der Waals surface area contributed by atoms with Crippen molar-refractivity contribution in [2.24, 2.45) is 0 Å². The Balaban J connectivity index is 0.000000271. The van der Waals surface area contributed by atoms with Crippen LogP contribution in [-0.2, 0) is 14.3 Å². The van der Waals surface area contributed by atoms with Gasteiger partial charge >= 0.3 is 11.9 Å². The van der Waals surface area contributed by atoms with Crippen LogP contribution in [0.3, 0.4) is 0 Å². The summed E-state index contributed by atoms with van der Waals surface area (Å²) >= 11 is 6.53. The number of halogens is 4. The lowest BCUT2D eigenvalue weighted by atomic mass is 10.3. The molecular weight excluding hydrogens is 624 g/mol. The van der Waals surface area contributed by atoms with E-state index in [1.807, 2.05) is 22.6 Å². The van der Waals surface area contributed by atoms with Crippen LogP contribution in [0.5, 0.6) is 0 Å². The lowest BCUT2D eigenvalue weighted by Gasteiger charge is -2.03. The summed E-state index contributed by atoms with van der Waals surface area (Å²) in [4.78, 5) is 22.5. The normalized spacial score (nSPS) is 9.96. The molecular formula is C17H14F2I2O4S2. The summed E-state index contributed by atoms with van der Waals surface area (Å²) in [5.41, 5.74) is 0. The van der Waals surface area contributed by atoms with Gasteiger partial charge in [-0.15, -0.1) is 23.5 Å². The summed E-state index contributed by atoms with van der Waals surface area (Å²) in [6.07, 6.45) is 0. The largest absolute Gasteiger partial charge is 0.481 e. The maximum Gasteiger partial charge on any atom is 0.315 e. The zero-order chi connectivity index (χ0) is 20.4. The van der Waals surface area contributed by atoms with Crippen LogP contribution in [0.2, 0.25) is 0 Å². The van der Waals surface area contributed by atoms with Crippen LogP contribution in [0.1, 0.15) is 0 Å². The van der Waals surface area contributed by atoms with E-state index >= 15 is 0 Å². The number of methoxy groups -OCH3 is 1. The summed E-state index contributed by atoms with van der Waals surface area (Å²) in [7, 11) is 1.33. The molecule has 146 valence electrons. The fourth-order valence-electron chi connectivity index (χ4n) is 1.51. The molecule has 2 rings (SSSR count). The summed E-state index contributed by atoms with van der Waals surface area (Å²) in [5, 5.41) is 8.42. The number of esters is 1. The van der Waals surface area contributed by atoms with Gasteiger partial charge in [0.15, 0.2) is 0 Å². The molecule has 0 heterocycles. The molecule has 2 aromatic rings. The smallest absolute Gasteiger partial charge is 0.315 e. The Morgan fingerprint density at radius 2 is 1.41 bits per heavy atom. The lowest BCUT2D eigenvalue weighted by Crippen LogP contribution is -2.03. The maximum atomic E-state index is 12.8. The zero-order valence-corrected chi connectivity index (χ0v) is 19.8. The van der Waals surface area contributed by atoms with Gasteiger partial charge in [0.2, 0.25) is 0 Å². The van der Waals surface area contributed by atoms with E-state index < -0.39 is 5.97 Å². The van der Waals surface area contributed by atoms with Gasteiger partial charge in [-0.05, 0) is 81.6 Å². The molecule has 2 aromatic carbocycles. The third kappa shape index (κ3) is 9.94. The molecule has 0 atom stereocenters. The molecule has 0 bridgehead atoms. The predicted octanol–water partition coefficient (Wildman–Crippen LogP) is 5.30. The van der Waals surface area contributed by atoms with Crippen molar-refractivity contribution in [3.8, 4) is 0 Å². The fraction of sp³-hybridized carbons (Fsp3) is 0.176. The van der Waals surface area contributed by atoms with Crippen molar-refractivity contribution < 1.29 is 28.2 Å². The molecule has 0 aliphatic carbocycles. The first-order chi connectivity index (χ1) is 12.7. The monoisotopic (exact) mass is 638 g/mol. The van der Waals surface area contributed by atoms with Crippen LogP contribution in [0, 0.1) is 18.8 Å². The Bertz CT molecular complexity index is 806. The number of hydrogen-bond donors (Lipinski definition) is 1. The molecule has 0 unspecified atom stereocenters. The van der Waals surface area contributed by atoms with Crippen LogP contribution in [0.4, 0.5) is 8.78 Å². The summed E-state index contributed by atoms with van der Waals surface area (Å²) in [6, 6.07) is 8.80. The third-order valence-electron chi connectivity index (χ3n) is 2.71. The highest BCUT2D eigenvalue weighted by atomic mass is 127. The second-order valence-corrected chi connectivity index (χ2v) is 9.06. The predicted molar refractivity (Wildman–Crippen MR) is 119 cm³/mol. The Morgan fingerprint density at radius 3 is 1.81 bits per heavy atom. The number of carboxylic acids is 1. The first-order valence-electron chi connectivity index (χ1n) is 7.17. The molecule has 0 aromatic heterocycles. The molecule has 0 aliphatic heterocycles. The van der Waals surface area contributed by atoms with E-state index in [-0.39, 0.29) is 29.1 Å². The average Bonchev–Trinajstić information content (AvgIpc) is 2.63. The topological polar surface area (TPSA) is 63.6 Å². The van der Waals surface area contributed by atoms with Crippen molar-refractivity contribution in [1.29, 1.82) is 0 Å². The van der Waals surface area contributed by atoms with E-state index in [9.17, 15) is 18.4 Å². The number of hydrogen-bond acceptors (Lipinski definition) is 5. The number of carbonyl (C=O) groups is 2. The molecule has 1 N–H and O–H groups in total. The van der Waals surface area contributed by atoms with Crippen molar-refractivity contribution in [1.82, 2.24) is 0 Å². The minimum absolute atomic E-state index is 0.0422. The van der Waals surface area contributed by atoms with Gasteiger partial charge in [-0.2, -0.15) is 0 Å². The first kappa shape index (κ1) is 24.4. The lowest BCUT2D eigenvalue weighted by molar-refractivity contribution is -0.137. The zero-order valence-electron chi connectivity index (χ0n) is 13.9. The van der Waals surface area contributed by atoms with Gasteiger partial charge in [0, 0.05) is 16.9 Å². The summed E-state index contributed by atoms with van der Waals surface area (Å²) in [6.45, 7) is 0. The van der Waals surface area contributed by atoms with E-state index in [0.29, 0.717) is 4.90 Å². The number of aliphatic carboxylic acids is 1. The number of rotatable bonds is 6. The molecule has 0 saturated heterocycles. The summed E-state index contributed by atoms with van der Waals surface area (Å²) < 4.78 is 31.8. The average molecular weight is 638 g/mol. The maximum absolute atomic E-state index is 12.8. The molecule has 0 aliphatic rings. The number of carboxylic acid groups (broad SMARTS) is 1. The quantitative estimate of drug-likeness (QED) is 0.264. The van der Waals surface area contributed by atoms with Crippen LogP contribution >= 0.6 is 68.7 Å². The van der Waals surface area contributed by atoms with E-state index in [1.165, 1.54) is 43.1 Å². The highest BCUT2D eigenvalue weighted by Crippen LogP contribution is 2.25. The Hall–Kier alpha value is -0.600. The number of benzene rings is 2. The van der Waals surface area contributed by atoms with Crippen molar-refractivity contribution in [2.45, 2.75) is 9.79 Å². The van der Waals surface area contributed by atoms with Gasteiger partial charge in [0.25, 0.3) is 0 Å². The van der Waals surface area contributed by atoms with Gasteiger partial charge in [-0.25, -0.2) is 8.78 Å². The standard InChI is InChI=1S/C9H8FIO2S.C8H6FIO2S/c1-13-9(12)5-14-8-4-6(10)2-3-7(8)11;9-5-1-2-6(10)7(3-5)13-4-8(11)12/h2-4H,5H2,1H3;1-3H,4H2,(H,11,12). The van der Waals surface area contributed by atoms with Crippen molar-refractivity contribution in [2.75, 3.05) is 18.6 Å². The summed E-state index contributed by atoms with van der Waals surface area (Å²) in [5.74, 6) is -1.68. The Kier molecular flexibility index (Phi) is 11.6. The Morgan fingerprint density at radius 1 is 0.963 bits per heavy atom. The van der Waals surface area contributed by atoms with Gasteiger partial charge in [-0.1, -0.05) is 0 Å². The van der Waals surface area contributed by atoms with Crippen LogP contribution < -0.4 is 0 Å². The number of thioether (sulfide) groups is 2. The molecule has 0 radical (unpaired) electrons. The fourth-order valence-corrected chi connectivity index (χ4v) is 4.59. The van der Waals surface area contributed by atoms with E-state index in [0.717, 1.165) is 23.8 Å². The second kappa shape index (κ2) is 12.8. The Labute approximate surface area is 191 Å². The van der Waals surface area contributed by atoms with Crippen molar-refractivity contribution in [3.05, 3.63) is 55.2 Å². The number of carbonyl (C=O) groups excluding carboxylic acids is 1. The van der Waals surface area contributed by atoms with Gasteiger partial charge in [0.1, 0.15) is 11.6 Å². The highest BCUT2D eigenvalue weighted by molar-refractivity contribution is 14.1. The van der Waals surface area contributed by atoms with Crippen LogP contribution in [0.15, 0.2) is 46.2 Å². The van der Waals surface area contributed by atoms with Crippen molar-refractivity contribution >= 4 is 80.6 Å². The SMILES string of the molecule is COC(=O)CSc1cc(F)ccc1I.O=C(O)CSc1cc(F)ccc1I. The van der Waals surface area contributed by atoms with E-state index in [4.69, 9.17) is 5.11 Å². The van der Waals surface area contributed by atoms with Gasteiger partial charge in [-0.3, -0.25) is 9.59 Å². The first-order valence-corrected chi connectivity index (χ1v) is 11.3. The van der Waals surface area contributed by atoms with E-state index in [2.05, 4.69) is 27.3 Å². The third-order valence-corrected chi connectivity index (χ3v) is 7.39.